The van der Waals surface area contributed by atoms with Gasteiger partial charge in [0.25, 0.3) is 0 Å². The molecule has 0 atom stereocenters. The Balaban J connectivity index is 1.50. The molecule has 116 valence electrons. The van der Waals surface area contributed by atoms with Crippen molar-refractivity contribution in [2.45, 2.75) is 32.1 Å². The normalized spacial score (nSPS) is 14.8. The molecule has 22 heavy (non-hydrogen) atoms. The molecule has 0 unspecified atom stereocenters. The quantitative estimate of drug-likeness (QED) is 0.915. The number of nitrogens with one attached hydrogen (secondary N) is 1. The van der Waals surface area contributed by atoms with Crippen LogP contribution in [0.2, 0.25) is 0 Å². The van der Waals surface area contributed by atoms with Gasteiger partial charge in [0.2, 0.25) is 5.91 Å². The third-order valence-corrected chi connectivity index (χ3v) is 4.83. The zero-order chi connectivity index (χ0) is 15.2. The zero-order valence-electron chi connectivity index (χ0n) is 12.6. The Morgan fingerprint density at radius 2 is 2.09 bits per heavy atom. The summed E-state index contributed by atoms with van der Waals surface area (Å²) < 4.78 is 0. The van der Waals surface area contributed by atoms with Crippen LogP contribution in [-0.2, 0) is 11.2 Å². The molecular weight excluding hydrogens is 294 g/mol. The lowest BCUT2D eigenvalue weighted by molar-refractivity contribution is -0.116. The number of carbonyl (C=O) groups is 1. The number of amides is 1. The lowest BCUT2D eigenvalue weighted by Gasteiger charge is -2.27. The molecule has 1 aliphatic heterocycles. The van der Waals surface area contributed by atoms with E-state index in [2.05, 4.69) is 21.3 Å². The lowest BCUT2D eigenvalue weighted by Crippen LogP contribution is -2.30. The van der Waals surface area contributed by atoms with E-state index in [4.69, 9.17) is 0 Å². The van der Waals surface area contributed by atoms with Gasteiger partial charge in [-0.25, -0.2) is 4.98 Å². The molecule has 0 aromatic carbocycles. The summed E-state index contributed by atoms with van der Waals surface area (Å²) in [5, 5.41) is 4.96. The summed E-state index contributed by atoms with van der Waals surface area (Å²) in [6, 6.07) is 8.02. The van der Waals surface area contributed by atoms with Crippen LogP contribution in [0.25, 0.3) is 0 Å². The summed E-state index contributed by atoms with van der Waals surface area (Å²) in [7, 11) is 0. The van der Waals surface area contributed by atoms with Crippen LogP contribution < -0.4 is 10.2 Å². The van der Waals surface area contributed by atoms with Crippen molar-refractivity contribution in [2.24, 2.45) is 0 Å². The summed E-state index contributed by atoms with van der Waals surface area (Å²) in [4.78, 5) is 20.0. The van der Waals surface area contributed by atoms with E-state index >= 15 is 0 Å². The van der Waals surface area contributed by atoms with Gasteiger partial charge in [0.05, 0.1) is 11.9 Å². The number of aromatic nitrogens is 1. The molecule has 3 rings (SSSR count). The molecule has 1 amide bonds. The second kappa shape index (κ2) is 7.40. The van der Waals surface area contributed by atoms with Gasteiger partial charge in [0.1, 0.15) is 5.82 Å². The van der Waals surface area contributed by atoms with Crippen molar-refractivity contribution in [3.8, 4) is 0 Å². The van der Waals surface area contributed by atoms with Crippen LogP contribution in [0.15, 0.2) is 35.8 Å². The molecule has 1 saturated heterocycles. The molecule has 5 heteroatoms. The average molecular weight is 315 g/mol. The van der Waals surface area contributed by atoms with Crippen LogP contribution in [0.4, 0.5) is 11.5 Å². The van der Waals surface area contributed by atoms with Crippen molar-refractivity contribution in [1.29, 1.82) is 0 Å². The predicted molar refractivity (Wildman–Crippen MR) is 91.6 cm³/mol. The first kappa shape index (κ1) is 15.0. The topological polar surface area (TPSA) is 45.2 Å². The molecular formula is C17H21N3OS. The van der Waals surface area contributed by atoms with Gasteiger partial charge >= 0.3 is 0 Å². The van der Waals surface area contributed by atoms with Gasteiger partial charge in [-0.3, -0.25) is 4.79 Å². The molecule has 0 bridgehead atoms. The number of nitrogens with zero attached hydrogens (tertiary/aromatic N) is 2. The predicted octanol–water partition coefficient (Wildman–Crippen LogP) is 3.70. The highest BCUT2D eigenvalue weighted by molar-refractivity contribution is 7.09. The molecule has 0 radical (unpaired) electrons. The number of pyridine rings is 1. The largest absolute Gasteiger partial charge is 0.357 e. The van der Waals surface area contributed by atoms with E-state index in [9.17, 15) is 4.79 Å². The van der Waals surface area contributed by atoms with E-state index in [0.717, 1.165) is 31.0 Å². The highest BCUT2D eigenvalue weighted by Crippen LogP contribution is 2.19. The number of anilines is 2. The van der Waals surface area contributed by atoms with E-state index in [-0.39, 0.29) is 5.91 Å². The van der Waals surface area contributed by atoms with Crippen LogP contribution in [-0.4, -0.2) is 24.0 Å². The first-order valence-corrected chi connectivity index (χ1v) is 8.72. The van der Waals surface area contributed by atoms with Gasteiger partial charge in [-0.05, 0) is 49.3 Å². The van der Waals surface area contributed by atoms with Gasteiger partial charge in [-0.2, -0.15) is 0 Å². The van der Waals surface area contributed by atoms with Crippen molar-refractivity contribution in [3.63, 3.8) is 0 Å². The summed E-state index contributed by atoms with van der Waals surface area (Å²) in [5.74, 6) is 1.05. The lowest BCUT2D eigenvalue weighted by atomic mass is 10.1. The maximum absolute atomic E-state index is 11.9. The molecule has 0 aliphatic carbocycles. The molecule has 2 aromatic heterocycles. The fourth-order valence-electron chi connectivity index (χ4n) is 2.69. The van der Waals surface area contributed by atoms with Crippen LogP contribution >= 0.6 is 11.3 Å². The third kappa shape index (κ3) is 4.07. The van der Waals surface area contributed by atoms with E-state index in [1.54, 1.807) is 17.5 Å². The van der Waals surface area contributed by atoms with Crippen LogP contribution in [0.5, 0.6) is 0 Å². The van der Waals surface area contributed by atoms with Gasteiger partial charge in [0, 0.05) is 24.4 Å². The van der Waals surface area contributed by atoms with E-state index in [1.807, 2.05) is 23.6 Å². The van der Waals surface area contributed by atoms with Crippen molar-refractivity contribution >= 4 is 28.7 Å². The molecule has 4 nitrogen and oxygen atoms in total. The molecule has 1 fully saturated rings. The summed E-state index contributed by atoms with van der Waals surface area (Å²) in [5.41, 5.74) is 0.775. The summed E-state index contributed by atoms with van der Waals surface area (Å²) in [6.07, 6.45) is 6.85. The maximum Gasteiger partial charge on any atom is 0.224 e. The molecule has 0 spiro atoms. The molecule has 1 N–H and O–H groups in total. The number of thiophene rings is 1. The van der Waals surface area contributed by atoms with Crippen LogP contribution in [0.1, 0.15) is 30.6 Å². The second-order valence-electron chi connectivity index (χ2n) is 5.58. The Hall–Kier alpha value is -1.88. The van der Waals surface area contributed by atoms with E-state index < -0.39 is 0 Å². The number of piperidine rings is 1. The van der Waals surface area contributed by atoms with E-state index in [1.165, 1.54) is 24.1 Å². The average Bonchev–Trinajstić information content (AvgIpc) is 3.08. The van der Waals surface area contributed by atoms with Crippen molar-refractivity contribution in [2.75, 3.05) is 23.3 Å². The van der Waals surface area contributed by atoms with Gasteiger partial charge < -0.3 is 10.2 Å². The van der Waals surface area contributed by atoms with Crippen molar-refractivity contribution in [3.05, 3.63) is 40.7 Å². The number of hydrogen-bond donors (Lipinski definition) is 1. The molecule has 1 aliphatic rings. The highest BCUT2D eigenvalue weighted by atomic mass is 32.1. The van der Waals surface area contributed by atoms with Crippen molar-refractivity contribution in [1.82, 2.24) is 4.98 Å². The van der Waals surface area contributed by atoms with Crippen LogP contribution in [0.3, 0.4) is 0 Å². The Bertz CT molecular complexity index is 589. The number of carbonyl (C=O) groups excluding carboxylic acids is 1. The van der Waals surface area contributed by atoms with Gasteiger partial charge in [-0.1, -0.05) is 6.07 Å². The Morgan fingerprint density at radius 3 is 2.77 bits per heavy atom. The molecule has 3 heterocycles. The number of hydrogen-bond acceptors (Lipinski definition) is 4. The first-order chi connectivity index (χ1) is 10.8. The first-order valence-electron chi connectivity index (χ1n) is 7.84. The Kier molecular flexibility index (Phi) is 5.06. The minimum Gasteiger partial charge on any atom is -0.357 e. The monoisotopic (exact) mass is 315 g/mol. The Morgan fingerprint density at radius 1 is 1.23 bits per heavy atom. The number of rotatable bonds is 5. The number of aryl methyl sites for hydroxylation is 1. The van der Waals surface area contributed by atoms with Crippen molar-refractivity contribution < 1.29 is 4.79 Å². The standard InChI is InChI=1S/C17H21N3OS/c21-17(9-7-15-5-4-12-22-15)19-14-6-8-16(18-13-14)20-10-2-1-3-11-20/h4-6,8,12-13H,1-3,7,9-11H2,(H,19,21). The highest BCUT2D eigenvalue weighted by Gasteiger charge is 2.12. The molecule has 2 aromatic rings. The summed E-state index contributed by atoms with van der Waals surface area (Å²) in [6.45, 7) is 2.17. The van der Waals surface area contributed by atoms with Crippen LogP contribution in [0, 0.1) is 0 Å². The third-order valence-electron chi connectivity index (χ3n) is 3.89. The molecule has 0 saturated carbocycles. The van der Waals surface area contributed by atoms with Gasteiger partial charge in [-0.15, -0.1) is 11.3 Å². The Labute approximate surface area is 135 Å². The smallest absolute Gasteiger partial charge is 0.224 e. The SMILES string of the molecule is O=C(CCc1cccs1)Nc1ccc(N2CCCCC2)nc1. The van der Waals surface area contributed by atoms with Gasteiger partial charge in [0.15, 0.2) is 0 Å². The minimum atomic E-state index is 0.0425. The maximum atomic E-state index is 11.9. The minimum absolute atomic E-state index is 0.0425. The zero-order valence-corrected chi connectivity index (χ0v) is 13.4. The second-order valence-corrected chi connectivity index (χ2v) is 6.61. The fraction of sp³-hybridized carbons (Fsp3) is 0.412. The fourth-order valence-corrected chi connectivity index (χ4v) is 3.39. The summed E-state index contributed by atoms with van der Waals surface area (Å²) >= 11 is 1.69. The van der Waals surface area contributed by atoms with E-state index in [0.29, 0.717) is 6.42 Å².